The van der Waals surface area contributed by atoms with Gasteiger partial charge in [-0.05, 0) is 31.4 Å². The molecule has 0 aromatic carbocycles. The Balaban J connectivity index is 2.25. The van der Waals surface area contributed by atoms with Crippen LogP contribution in [0, 0.1) is 24.2 Å². The van der Waals surface area contributed by atoms with Crippen LogP contribution >= 0.6 is 0 Å². The molecule has 5 heteroatoms. The highest BCUT2D eigenvalue weighted by Crippen LogP contribution is 2.27. The van der Waals surface area contributed by atoms with E-state index in [2.05, 4.69) is 16.4 Å². The van der Waals surface area contributed by atoms with Crippen LogP contribution in [-0.2, 0) is 4.79 Å². The number of carboxylic acids is 1. The predicted molar refractivity (Wildman–Crippen MR) is 75.3 cm³/mol. The van der Waals surface area contributed by atoms with Crippen molar-refractivity contribution in [3.63, 3.8) is 0 Å². The van der Waals surface area contributed by atoms with Crippen LogP contribution in [-0.4, -0.2) is 22.1 Å². The molecule has 1 aliphatic rings. The molecular weight excluding hydrogens is 254 g/mol. The Bertz CT molecular complexity index is 536. The van der Waals surface area contributed by atoms with E-state index in [0.29, 0.717) is 17.8 Å². The Labute approximate surface area is 118 Å². The molecule has 20 heavy (non-hydrogen) atoms. The molecule has 1 aromatic heterocycles. The normalized spacial score (nSPS) is 22.6. The van der Waals surface area contributed by atoms with Gasteiger partial charge in [0.2, 0.25) is 0 Å². The van der Waals surface area contributed by atoms with Gasteiger partial charge in [-0.25, -0.2) is 4.98 Å². The lowest BCUT2D eigenvalue weighted by molar-refractivity contribution is -0.142. The van der Waals surface area contributed by atoms with Crippen molar-refractivity contribution in [2.45, 2.75) is 45.1 Å². The molecule has 106 valence electrons. The van der Waals surface area contributed by atoms with Crippen molar-refractivity contribution in [2.24, 2.45) is 5.92 Å². The number of pyridine rings is 1. The van der Waals surface area contributed by atoms with Gasteiger partial charge in [0.25, 0.3) is 0 Å². The second kappa shape index (κ2) is 6.38. The third-order valence-corrected chi connectivity index (χ3v) is 3.93. The number of hydrogen-bond donors (Lipinski definition) is 2. The molecule has 0 amide bonds. The zero-order valence-electron chi connectivity index (χ0n) is 11.6. The van der Waals surface area contributed by atoms with E-state index < -0.39 is 11.9 Å². The number of aryl methyl sites for hydroxylation is 1. The first-order chi connectivity index (χ1) is 9.63. The number of hydrogen-bond acceptors (Lipinski definition) is 4. The van der Waals surface area contributed by atoms with Crippen molar-refractivity contribution in [1.29, 1.82) is 5.26 Å². The van der Waals surface area contributed by atoms with Gasteiger partial charge in [-0.2, -0.15) is 5.26 Å². The Morgan fingerprint density at radius 3 is 2.90 bits per heavy atom. The summed E-state index contributed by atoms with van der Waals surface area (Å²) >= 11 is 0. The Kier molecular flexibility index (Phi) is 4.57. The number of rotatable bonds is 3. The Hall–Kier alpha value is -2.09. The van der Waals surface area contributed by atoms with Crippen molar-refractivity contribution in [3.8, 4) is 6.07 Å². The fourth-order valence-electron chi connectivity index (χ4n) is 2.76. The molecule has 2 unspecified atom stereocenters. The summed E-state index contributed by atoms with van der Waals surface area (Å²) in [5, 5.41) is 21.8. The van der Waals surface area contributed by atoms with Gasteiger partial charge in [0.1, 0.15) is 11.9 Å². The first kappa shape index (κ1) is 14.3. The van der Waals surface area contributed by atoms with Crippen molar-refractivity contribution in [1.82, 2.24) is 4.98 Å². The minimum atomic E-state index is -0.768. The zero-order chi connectivity index (χ0) is 14.5. The van der Waals surface area contributed by atoms with Crippen LogP contribution in [0.5, 0.6) is 0 Å². The highest BCUT2D eigenvalue weighted by molar-refractivity contribution is 5.72. The molecule has 1 heterocycles. The van der Waals surface area contributed by atoms with E-state index in [-0.39, 0.29) is 6.04 Å². The Morgan fingerprint density at radius 2 is 2.20 bits per heavy atom. The van der Waals surface area contributed by atoms with Crippen LogP contribution in [0.25, 0.3) is 0 Å². The number of carbonyl (C=O) groups is 1. The second-order valence-electron chi connectivity index (χ2n) is 5.30. The third kappa shape index (κ3) is 3.08. The average molecular weight is 273 g/mol. The minimum absolute atomic E-state index is 0.156. The molecule has 0 saturated heterocycles. The van der Waals surface area contributed by atoms with Gasteiger partial charge in [0, 0.05) is 12.2 Å². The van der Waals surface area contributed by atoms with E-state index in [0.717, 1.165) is 31.2 Å². The quantitative estimate of drug-likeness (QED) is 0.827. The standard InChI is InChI=1S/C15H19N3O2/c1-10-7-8-17-14(12(10)9-16)18-13-6-4-2-3-5-11(13)15(19)20/h7-8,11,13H,2-6H2,1H3,(H,17,18)(H,19,20). The lowest BCUT2D eigenvalue weighted by Gasteiger charge is -2.24. The fourth-order valence-corrected chi connectivity index (χ4v) is 2.76. The molecule has 1 fully saturated rings. The number of nitrogens with one attached hydrogen (secondary N) is 1. The summed E-state index contributed by atoms with van der Waals surface area (Å²) in [4.78, 5) is 15.6. The topological polar surface area (TPSA) is 86.0 Å². The van der Waals surface area contributed by atoms with Gasteiger partial charge in [0.05, 0.1) is 11.5 Å². The van der Waals surface area contributed by atoms with Crippen LogP contribution < -0.4 is 5.32 Å². The summed E-state index contributed by atoms with van der Waals surface area (Å²) in [6, 6.07) is 3.77. The molecule has 2 atom stereocenters. The lowest BCUT2D eigenvalue weighted by Crippen LogP contribution is -2.34. The van der Waals surface area contributed by atoms with E-state index in [4.69, 9.17) is 0 Å². The Morgan fingerprint density at radius 1 is 1.45 bits per heavy atom. The van der Waals surface area contributed by atoms with Crippen LogP contribution in [0.2, 0.25) is 0 Å². The van der Waals surface area contributed by atoms with Gasteiger partial charge in [-0.15, -0.1) is 0 Å². The van der Waals surface area contributed by atoms with Crippen LogP contribution in [0.15, 0.2) is 12.3 Å². The molecule has 2 N–H and O–H groups in total. The fraction of sp³-hybridized carbons (Fsp3) is 0.533. The molecule has 1 aliphatic carbocycles. The molecule has 1 saturated carbocycles. The first-order valence-electron chi connectivity index (χ1n) is 6.98. The predicted octanol–water partition coefficient (Wildman–Crippen LogP) is 2.71. The van der Waals surface area contributed by atoms with Gasteiger partial charge in [0.15, 0.2) is 0 Å². The monoisotopic (exact) mass is 273 g/mol. The van der Waals surface area contributed by atoms with E-state index in [1.54, 1.807) is 12.3 Å². The number of aromatic nitrogens is 1. The van der Waals surface area contributed by atoms with Gasteiger partial charge in [-0.1, -0.05) is 19.3 Å². The third-order valence-electron chi connectivity index (χ3n) is 3.93. The summed E-state index contributed by atoms with van der Waals surface area (Å²) in [5.74, 6) is -0.674. The second-order valence-corrected chi connectivity index (χ2v) is 5.30. The molecular formula is C15H19N3O2. The molecule has 0 radical (unpaired) electrons. The van der Waals surface area contributed by atoms with Crippen molar-refractivity contribution in [3.05, 3.63) is 23.4 Å². The maximum Gasteiger partial charge on any atom is 0.308 e. The van der Waals surface area contributed by atoms with Crippen molar-refractivity contribution in [2.75, 3.05) is 5.32 Å². The number of anilines is 1. The van der Waals surface area contributed by atoms with Crippen LogP contribution in [0.4, 0.5) is 5.82 Å². The van der Waals surface area contributed by atoms with Crippen LogP contribution in [0.3, 0.4) is 0 Å². The summed E-state index contributed by atoms with van der Waals surface area (Å²) in [6.45, 7) is 1.85. The SMILES string of the molecule is Cc1ccnc(NC2CCCCCC2C(=O)O)c1C#N. The van der Waals surface area contributed by atoms with Gasteiger partial charge in [-0.3, -0.25) is 4.79 Å². The molecule has 1 aromatic rings. The maximum absolute atomic E-state index is 11.4. The average Bonchev–Trinajstić information content (AvgIpc) is 2.64. The largest absolute Gasteiger partial charge is 0.481 e. The van der Waals surface area contributed by atoms with Crippen molar-refractivity contribution >= 4 is 11.8 Å². The van der Waals surface area contributed by atoms with E-state index in [1.165, 1.54) is 0 Å². The molecule has 2 rings (SSSR count). The minimum Gasteiger partial charge on any atom is -0.481 e. The number of carboxylic acid groups (broad SMARTS) is 1. The zero-order valence-corrected chi connectivity index (χ0v) is 11.6. The van der Waals surface area contributed by atoms with Crippen molar-refractivity contribution < 1.29 is 9.90 Å². The highest BCUT2D eigenvalue weighted by Gasteiger charge is 2.30. The highest BCUT2D eigenvalue weighted by atomic mass is 16.4. The summed E-state index contributed by atoms with van der Waals surface area (Å²) in [7, 11) is 0. The number of aliphatic carboxylic acids is 1. The molecule has 5 nitrogen and oxygen atoms in total. The summed E-state index contributed by atoms with van der Waals surface area (Å²) < 4.78 is 0. The van der Waals surface area contributed by atoms with E-state index in [9.17, 15) is 15.2 Å². The van der Waals surface area contributed by atoms with E-state index >= 15 is 0 Å². The molecule has 0 aliphatic heterocycles. The molecule has 0 spiro atoms. The lowest BCUT2D eigenvalue weighted by atomic mass is 9.94. The number of nitrogens with zero attached hydrogens (tertiary/aromatic N) is 2. The van der Waals surface area contributed by atoms with Gasteiger partial charge < -0.3 is 10.4 Å². The summed E-state index contributed by atoms with van der Waals surface area (Å²) in [5.41, 5.74) is 1.35. The van der Waals surface area contributed by atoms with Gasteiger partial charge >= 0.3 is 5.97 Å². The molecule has 0 bridgehead atoms. The van der Waals surface area contributed by atoms with E-state index in [1.807, 2.05) is 6.92 Å². The van der Waals surface area contributed by atoms with Crippen LogP contribution in [0.1, 0.15) is 43.2 Å². The first-order valence-corrected chi connectivity index (χ1v) is 6.98. The summed E-state index contributed by atoms with van der Waals surface area (Å²) in [6.07, 6.45) is 6.15. The smallest absolute Gasteiger partial charge is 0.308 e. The number of nitriles is 1. The maximum atomic E-state index is 11.4.